The summed E-state index contributed by atoms with van der Waals surface area (Å²) in [4.78, 5) is 14.2. The molecule has 24 heavy (non-hydrogen) atoms. The standard InChI is InChI=1S/C18H23N3O3/c1-13-19-20-17(24-13)12-18(22)21-8-6-14(7-9-21)10-15-4-3-5-16(11-15)23-2/h3-5,11,14H,6-10,12H2,1-2H3. The zero-order valence-corrected chi connectivity index (χ0v) is 14.2. The summed E-state index contributed by atoms with van der Waals surface area (Å²) in [6.07, 6.45) is 3.26. The Hall–Kier alpha value is -2.37. The summed E-state index contributed by atoms with van der Waals surface area (Å²) in [6, 6.07) is 8.22. The largest absolute Gasteiger partial charge is 0.497 e. The van der Waals surface area contributed by atoms with Crippen molar-refractivity contribution in [3.8, 4) is 5.75 Å². The van der Waals surface area contributed by atoms with Gasteiger partial charge in [0, 0.05) is 20.0 Å². The van der Waals surface area contributed by atoms with Gasteiger partial charge in [0.05, 0.1) is 7.11 Å². The van der Waals surface area contributed by atoms with Crippen molar-refractivity contribution in [2.45, 2.75) is 32.6 Å². The highest BCUT2D eigenvalue weighted by molar-refractivity contribution is 5.77. The lowest BCUT2D eigenvalue weighted by Crippen LogP contribution is -2.39. The van der Waals surface area contributed by atoms with E-state index in [1.54, 1.807) is 14.0 Å². The molecule has 0 radical (unpaired) electrons. The Bertz CT molecular complexity index is 690. The van der Waals surface area contributed by atoms with Crippen LogP contribution in [0.25, 0.3) is 0 Å². The van der Waals surface area contributed by atoms with Gasteiger partial charge in [0.15, 0.2) is 0 Å². The second kappa shape index (κ2) is 7.47. The minimum Gasteiger partial charge on any atom is -0.497 e. The summed E-state index contributed by atoms with van der Waals surface area (Å²) in [5, 5.41) is 7.65. The first-order valence-electron chi connectivity index (χ1n) is 8.33. The minimum absolute atomic E-state index is 0.0680. The molecule has 1 saturated heterocycles. The van der Waals surface area contributed by atoms with Gasteiger partial charge in [-0.2, -0.15) is 0 Å². The molecule has 128 valence electrons. The van der Waals surface area contributed by atoms with E-state index in [1.165, 1.54) is 5.56 Å². The van der Waals surface area contributed by atoms with Gasteiger partial charge in [-0.1, -0.05) is 12.1 Å². The first-order chi connectivity index (χ1) is 11.6. The van der Waals surface area contributed by atoms with E-state index in [9.17, 15) is 4.79 Å². The predicted molar refractivity (Wildman–Crippen MR) is 88.7 cm³/mol. The van der Waals surface area contributed by atoms with Crippen molar-refractivity contribution >= 4 is 5.91 Å². The van der Waals surface area contributed by atoms with Gasteiger partial charge in [0.1, 0.15) is 12.2 Å². The molecule has 0 spiro atoms. The minimum atomic E-state index is 0.0680. The Balaban J connectivity index is 1.49. The van der Waals surface area contributed by atoms with Crippen LogP contribution in [-0.2, 0) is 17.6 Å². The Morgan fingerprint density at radius 3 is 2.79 bits per heavy atom. The summed E-state index contributed by atoms with van der Waals surface area (Å²) in [5.41, 5.74) is 1.29. The second-order valence-electron chi connectivity index (χ2n) is 6.27. The van der Waals surface area contributed by atoms with Crippen LogP contribution < -0.4 is 4.74 Å². The molecule has 0 N–H and O–H groups in total. The van der Waals surface area contributed by atoms with Crippen LogP contribution in [0.5, 0.6) is 5.75 Å². The number of aromatic nitrogens is 2. The molecule has 1 fully saturated rings. The fraction of sp³-hybridized carbons (Fsp3) is 0.500. The Kier molecular flexibility index (Phi) is 5.13. The lowest BCUT2D eigenvalue weighted by atomic mass is 9.90. The van der Waals surface area contributed by atoms with E-state index < -0.39 is 0 Å². The molecule has 0 atom stereocenters. The van der Waals surface area contributed by atoms with Gasteiger partial charge >= 0.3 is 0 Å². The number of benzene rings is 1. The van der Waals surface area contributed by atoms with Crippen LogP contribution in [0.3, 0.4) is 0 Å². The number of methoxy groups -OCH3 is 1. The summed E-state index contributed by atoms with van der Waals surface area (Å²) in [5.74, 6) is 2.46. The van der Waals surface area contributed by atoms with Crippen molar-refractivity contribution in [1.82, 2.24) is 15.1 Å². The molecule has 3 rings (SSSR count). The molecule has 0 aliphatic carbocycles. The van der Waals surface area contributed by atoms with Crippen molar-refractivity contribution < 1.29 is 13.9 Å². The first-order valence-corrected chi connectivity index (χ1v) is 8.33. The van der Waals surface area contributed by atoms with Crippen molar-refractivity contribution in [2.75, 3.05) is 20.2 Å². The topological polar surface area (TPSA) is 68.5 Å². The number of ether oxygens (including phenoxy) is 1. The maximum absolute atomic E-state index is 12.3. The highest BCUT2D eigenvalue weighted by Gasteiger charge is 2.24. The van der Waals surface area contributed by atoms with Gasteiger partial charge in [-0.15, -0.1) is 10.2 Å². The number of carbonyl (C=O) groups is 1. The monoisotopic (exact) mass is 329 g/mol. The van der Waals surface area contributed by atoms with Gasteiger partial charge in [-0.05, 0) is 42.9 Å². The average Bonchev–Trinajstić information content (AvgIpc) is 3.00. The smallest absolute Gasteiger partial charge is 0.231 e. The van der Waals surface area contributed by atoms with E-state index in [0.717, 1.165) is 38.1 Å². The van der Waals surface area contributed by atoms with E-state index >= 15 is 0 Å². The predicted octanol–water partition coefficient (Wildman–Crippen LogP) is 2.41. The fourth-order valence-electron chi connectivity index (χ4n) is 3.17. The Labute approximate surface area is 141 Å². The maximum atomic E-state index is 12.3. The van der Waals surface area contributed by atoms with Crippen LogP contribution in [0.15, 0.2) is 28.7 Å². The van der Waals surface area contributed by atoms with Crippen LogP contribution in [0.1, 0.15) is 30.2 Å². The zero-order chi connectivity index (χ0) is 16.9. The van der Waals surface area contributed by atoms with Crippen LogP contribution in [0.2, 0.25) is 0 Å². The van der Waals surface area contributed by atoms with E-state index in [2.05, 4.69) is 22.3 Å². The molecule has 2 heterocycles. The van der Waals surface area contributed by atoms with Gasteiger partial charge in [0.2, 0.25) is 17.7 Å². The van der Waals surface area contributed by atoms with Crippen LogP contribution >= 0.6 is 0 Å². The van der Waals surface area contributed by atoms with Crippen LogP contribution in [0.4, 0.5) is 0 Å². The lowest BCUT2D eigenvalue weighted by molar-refractivity contribution is -0.132. The average molecular weight is 329 g/mol. The van der Waals surface area contributed by atoms with Crippen molar-refractivity contribution in [1.29, 1.82) is 0 Å². The number of rotatable bonds is 5. The third-order valence-electron chi connectivity index (χ3n) is 4.50. The van der Waals surface area contributed by atoms with Gasteiger partial charge in [0.25, 0.3) is 0 Å². The Morgan fingerprint density at radius 1 is 1.33 bits per heavy atom. The highest BCUT2D eigenvalue weighted by atomic mass is 16.5. The summed E-state index contributed by atoms with van der Waals surface area (Å²) < 4.78 is 10.6. The Morgan fingerprint density at radius 2 is 2.12 bits per heavy atom. The molecule has 1 aliphatic rings. The molecular formula is C18H23N3O3. The zero-order valence-electron chi connectivity index (χ0n) is 14.2. The van der Waals surface area contributed by atoms with Crippen molar-refractivity contribution in [2.24, 2.45) is 5.92 Å². The van der Waals surface area contributed by atoms with E-state index in [0.29, 0.717) is 17.7 Å². The molecule has 1 aromatic carbocycles. The lowest BCUT2D eigenvalue weighted by Gasteiger charge is -2.32. The second-order valence-corrected chi connectivity index (χ2v) is 6.27. The third-order valence-corrected chi connectivity index (χ3v) is 4.50. The third kappa shape index (κ3) is 4.13. The molecule has 6 heteroatoms. The number of carbonyl (C=O) groups excluding carboxylic acids is 1. The number of nitrogens with zero attached hydrogens (tertiary/aromatic N) is 3. The molecule has 0 bridgehead atoms. The summed E-state index contributed by atoms with van der Waals surface area (Å²) >= 11 is 0. The number of likely N-dealkylation sites (tertiary alicyclic amines) is 1. The molecule has 1 amide bonds. The molecule has 1 aliphatic heterocycles. The highest BCUT2D eigenvalue weighted by Crippen LogP contribution is 2.24. The van der Waals surface area contributed by atoms with E-state index in [4.69, 9.17) is 9.15 Å². The quantitative estimate of drug-likeness (QED) is 0.842. The van der Waals surface area contributed by atoms with Crippen LogP contribution in [-0.4, -0.2) is 41.2 Å². The first kappa shape index (κ1) is 16.5. The van der Waals surface area contributed by atoms with Gasteiger partial charge in [-0.25, -0.2) is 0 Å². The van der Waals surface area contributed by atoms with Crippen molar-refractivity contribution in [3.05, 3.63) is 41.6 Å². The maximum Gasteiger partial charge on any atom is 0.231 e. The molecule has 2 aromatic rings. The molecular weight excluding hydrogens is 306 g/mol. The number of hydrogen-bond acceptors (Lipinski definition) is 5. The van der Waals surface area contributed by atoms with E-state index in [-0.39, 0.29) is 12.3 Å². The van der Waals surface area contributed by atoms with Gasteiger partial charge in [-0.3, -0.25) is 4.79 Å². The molecule has 0 saturated carbocycles. The normalized spacial score (nSPS) is 15.5. The van der Waals surface area contributed by atoms with E-state index in [1.807, 2.05) is 17.0 Å². The molecule has 1 aromatic heterocycles. The molecule has 6 nitrogen and oxygen atoms in total. The number of hydrogen-bond donors (Lipinski definition) is 0. The summed E-state index contributed by atoms with van der Waals surface area (Å²) in [7, 11) is 1.69. The number of piperidine rings is 1. The van der Waals surface area contributed by atoms with Crippen LogP contribution in [0, 0.1) is 12.8 Å². The fourth-order valence-corrected chi connectivity index (χ4v) is 3.17. The van der Waals surface area contributed by atoms with Crippen molar-refractivity contribution in [3.63, 3.8) is 0 Å². The number of amides is 1. The summed E-state index contributed by atoms with van der Waals surface area (Å²) in [6.45, 7) is 3.31. The number of aryl methyl sites for hydroxylation is 1. The molecule has 0 unspecified atom stereocenters. The van der Waals surface area contributed by atoms with Gasteiger partial charge < -0.3 is 14.1 Å². The SMILES string of the molecule is COc1cccc(CC2CCN(C(=O)Cc3nnc(C)o3)CC2)c1.